The number of hydrogen-bond acceptors (Lipinski definition) is 7. The summed E-state index contributed by atoms with van der Waals surface area (Å²) in [5, 5.41) is 12.5. The molecular weight excluding hydrogens is 372 g/mol. The van der Waals surface area contributed by atoms with Crippen LogP contribution < -0.4 is 10.9 Å². The largest absolute Gasteiger partial charge is 0.423 e. The summed E-state index contributed by atoms with van der Waals surface area (Å²) in [5.74, 6) is -0.186. The molecule has 1 aliphatic heterocycles. The first-order valence-corrected chi connectivity index (χ1v) is 9.79. The molecule has 0 bridgehead atoms. The molecule has 0 saturated carbocycles. The highest BCUT2D eigenvalue weighted by Crippen LogP contribution is 2.22. The van der Waals surface area contributed by atoms with Crippen molar-refractivity contribution in [2.75, 3.05) is 51.3 Å². The highest BCUT2D eigenvalue weighted by molar-refractivity contribution is 5.92. The van der Waals surface area contributed by atoms with Crippen molar-refractivity contribution in [1.82, 2.24) is 9.80 Å². The van der Waals surface area contributed by atoms with Gasteiger partial charge in [-0.2, -0.15) is 5.26 Å². The second-order valence-electron chi connectivity index (χ2n) is 7.12. The molecule has 8 heteroatoms. The van der Waals surface area contributed by atoms with Gasteiger partial charge in [0.25, 0.3) is 0 Å². The molecule has 1 saturated heterocycles. The Hall–Kier alpha value is -2.73. The third-order valence-corrected chi connectivity index (χ3v) is 4.92. The van der Waals surface area contributed by atoms with E-state index >= 15 is 0 Å². The van der Waals surface area contributed by atoms with Crippen molar-refractivity contribution in [3.05, 3.63) is 40.2 Å². The Labute approximate surface area is 169 Å². The number of anilines is 1. The summed E-state index contributed by atoms with van der Waals surface area (Å²) in [5.41, 5.74) is 1.44. The van der Waals surface area contributed by atoms with Crippen LogP contribution in [0.5, 0.6) is 0 Å². The molecule has 1 amide bonds. The molecule has 3 rings (SSSR count). The average molecular weight is 398 g/mol. The molecule has 1 aromatic heterocycles. The topological polar surface area (TPSA) is 98.8 Å². The number of carbonyl (C=O) groups excluding carboxylic acids is 1. The summed E-state index contributed by atoms with van der Waals surface area (Å²) >= 11 is 0. The van der Waals surface area contributed by atoms with Gasteiger partial charge in [0, 0.05) is 75.8 Å². The first-order chi connectivity index (χ1) is 14.0. The van der Waals surface area contributed by atoms with Crippen molar-refractivity contribution in [3.63, 3.8) is 0 Å². The van der Waals surface area contributed by atoms with Crippen molar-refractivity contribution in [2.24, 2.45) is 0 Å². The zero-order valence-corrected chi connectivity index (χ0v) is 16.6. The van der Waals surface area contributed by atoms with E-state index in [-0.39, 0.29) is 5.91 Å². The molecule has 0 spiro atoms. The van der Waals surface area contributed by atoms with Crippen LogP contribution in [0, 0.1) is 11.3 Å². The van der Waals surface area contributed by atoms with Crippen LogP contribution in [-0.4, -0.2) is 61.6 Å². The van der Waals surface area contributed by atoms with Gasteiger partial charge in [0.15, 0.2) is 0 Å². The minimum absolute atomic E-state index is 0.186. The van der Waals surface area contributed by atoms with Crippen LogP contribution in [0.1, 0.15) is 18.9 Å². The molecule has 0 atom stereocenters. The van der Waals surface area contributed by atoms with Gasteiger partial charge in [-0.1, -0.05) is 0 Å². The van der Waals surface area contributed by atoms with Crippen LogP contribution >= 0.6 is 0 Å². The molecule has 154 valence electrons. The van der Waals surface area contributed by atoms with Gasteiger partial charge >= 0.3 is 5.63 Å². The first-order valence-electron chi connectivity index (χ1n) is 9.79. The number of carbonyl (C=O) groups is 1. The fraction of sp³-hybridized carbons (Fsp3) is 0.476. The van der Waals surface area contributed by atoms with Crippen LogP contribution in [0.15, 0.2) is 33.5 Å². The zero-order chi connectivity index (χ0) is 20.6. The molecule has 2 heterocycles. The first kappa shape index (κ1) is 21.0. The van der Waals surface area contributed by atoms with E-state index in [1.54, 1.807) is 12.1 Å². The maximum Gasteiger partial charge on any atom is 0.336 e. The Morgan fingerprint density at radius 2 is 2.07 bits per heavy atom. The number of amides is 1. The van der Waals surface area contributed by atoms with Crippen molar-refractivity contribution < 1.29 is 13.9 Å². The predicted molar refractivity (Wildman–Crippen MR) is 110 cm³/mol. The standard InChI is InChI=1S/C21H26N4O4/c1-16(26)23-18-3-4-19-17(13-21(27)29-20(19)14-18)15-25(6-2-5-22)8-7-24-9-11-28-12-10-24/h3-4,13-14H,2,6-12,15H2,1H3,(H,23,26). The van der Waals surface area contributed by atoms with Crippen molar-refractivity contribution in [1.29, 1.82) is 5.26 Å². The lowest BCUT2D eigenvalue weighted by atomic mass is 10.1. The molecule has 2 aromatic rings. The molecule has 8 nitrogen and oxygen atoms in total. The van der Waals surface area contributed by atoms with Gasteiger partial charge in [-0.15, -0.1) is 0 Å². The van der Waals surface area contributed by atoms with Gasteiger partial charge in [-0.3, -0.25) is 14.6 Å². The van der Waals surface area contributed by atoms with E-state index < -0.39 is 5.63 Å². The number of nitriles is 1. The maximum absolute atomic E-state index is 12.1. The highest BCUT2D eigenvalue weighted by atomic mass is 16.5. The number of nitrogens with zero attached hydrogens (tertiary/aromatic N) is 3. The number of ether oxygens (including phenoxy) is 1. The monoisotopic (exact) mass is 398 g/mol. The number of nitrogens with one attached hydrogen (secondary N) is 1. The lowest BCUT2D eigenvalue weighted by molar-refractivity contribution is -0.114. The van der Waals surface area contributed by atoms with Crippen molar-refractivity contribution in [3.8, 4) is 6.07 Å². The van der Waals surface area contributed by atoms with Crippen LogP contribution in [0.25, 0.3) is 11.0 Å². The van der Waals surface area contributed by atoms with E-state index in [0.717, 1.165) is 50.3 Å². The van der Waals surface area contributed by atoms with E-state index in [1.165, 1.54) is 13.0 Å². The van der Waals surface area contributed by atoms with E-state index in [0.29, 0.717) is 30.8 Å². The molecule has 29 heavy (non-hydrogen) atoms. The van der Waals surface area contributed by atoms with Gasteiger partial charge in [-0.05, 0) is 17.7 Å². The smallest absolute Gasteiger partial charge is 0.336 e. The van der Waals surface area contributed by atoms with E-state index in [9.17, 15) is 9.59 Å². The number of morpholine rings is 1. The number of benzene rings is 1. The second-order valence-corrected chi connectivity index (χ2v) is 7.12. The Kier molecular flexibility index (Phi) is 7.36. The van der Waals surface area contributed by atoms with E-state index in [2.05, 4.69) is 21.2 Å². The molecule has 1 fully saturated rings. The maximum atomic E-state index is 12.1. The van der Waals surface area contributed by atoms with Crippen LogP contribution in [0.3, 0.4) is 0 Å². The van der Waals surface area contributed by atoms with Gasteiger partial charge in [0.2, 0.25) is 5.91 Å². The molecule has 0 aliphatic carbocycles. The third kappa shape index (κ3) is 6.12. The summed E-state index contributed by atoms with van der Waals surface area (Å²) in [6.07, 6.45) is 0.426. The molecular formula is C21H26N4O4. The van der Waals surface area contributed by atoms with Crippen molar-refractivity contribution >= 4 is 22.6 Å². The van der Waals surface area contributed by atoms with Crippen molar-refractivity contribution in [2.45, 2.75) is 19.9 Å². The summed E-state index contributed by atoms with van der Waals surface area (Å²) in [6.45, 7) is 7.62. The van der Waals surface area contributed by atoms with E-state index in [1.807, 2.05) is 6.07 Å². The number of fused-ring (bicyclic) bond motifs is 1. The summed E-state index contributed by atoms with van der Waals surface area (Å²) < 4.78 is 10.7. The summed E-state index contributed by atoms with van der Waals surface area (Å²) in [6, 6.07) is 9.01. The fourth-order valence-electron chi connectivity index (χ4n) is 3.47. The minimum Gasteiger partial charge on any atom is -0.423 e. The molecule has 1 N–H and O–H groups in total. The molecule has 0 unspecified atom stereocenters. The molecule has 0 radical (unpaired) electrons. The minimum atomic E-state index is -0.430. The van der Waals surface area contributed by atoms with Crippen LogP contribution in [-0.2, 0) is 16.1 Å². The Morgan fingerprint density at radius 3 is 2.79 bits per heavy atom. The van der Waals surface area contributed by atoms with Gasteiger partial charge in [-0.25, -0.2) is 4.79 Å². The number of rotatable bonds is 8. The number of hydrogen-bond donors (Lipinski definition) is 1. The van der Waals surface area contributed by atoms with Gasteiger partial charge < -0.3 is 14.5 Å². The molecule has 1 aliphatic rings. The van der Waals surface area contributed by atoms with Crippen LogP contribution in [0.4, 0.5) is 5.69 Å². The van der Waals surface area contributed by atoms with E-state index in [4.69, 9.17) is 14.4 Å². The lowest BCUT2D eigenvalue weighted by Gasteiger charge is -2.30. The SMILES string of the molecule is CC(=O)Nc1ccc2c(CN(CCC#N)CCN3CCOCC3)cc(=O)oc2c1. The fourth-order valence-corrected chi connectivity index (χ4v) is 3.47. The van der Waals surface area contributed by atoms with Gasteiger partial charge in [0.05, 0.1) is 19.3 Å². The summed E-state index contributed by atoms with van der Waals surface area (Å²) in [4.78, 5) is 27.9. The predicted octanol–water partition coefficient (Wildman–Crippen LogP) is 1.80. The zero-order valence-electron chi connectivity index (χ0n) is 16.6. The quantitative estimate of drug-likeness (QED) is 0.677. The highest BCUT2D eigenvalue weighted by Gasteiger charge is 2.15. The second kappa shape index (κ2) is 10.2. The molecule has 1 aromatic carbocycles. The Morgan fingerprint density at radius 1 is 1.28 bits per heavy atom. The Bertz CT molecular complexity index is 944. The lowest BCUT2D eigenvalue weighted by Crippen LogP contribution is -2.41. The van der Waals surface area contributed by atoms with Gasteiger partial charge in [0.1, 0.15) is 5.58 Å². The summed E-state index contributed by atoms with van der Waals surface area (Å²) in [7, 11) is 0. The normalized spacial score (nSPS) is 14.8. The van der Waals surface area contributed by atoms with Crippen LogP contribution in [0.2, 0.25) is 0 Å². The third-order valence-electron chi connectivity index (χ3n) is 4.92. The Balaban J connectivity index is 1.78. The average Bonchev–Trinajstić information content (AvgIpc) is 2.70.